The molecule has 1 aliphatic carbocycles. The number of alkyl halides is 1. The lowest BCUT2D eigenvalue weighted by Crippen LogP contribution is -2.26. The van der Waals surface area contributed by atoms with Gasteiger partial charge in [0.05, 0.1) is 19.6 Å². The third kappa shape index (κ3) is 8.70. The molecule has 0 bridgehead atoms. The Morgan fingerprint density at radius 1 is 0.776 bits per heavy atom. The zero-order valence-electron chi connectivity index (χ0n) is 28.4. The average molecular weight is 684 g/mol. The van der Waals surface area contributed by atoms with E-state index in [-0.39, 0.29) is 11.4 Å². The molecule has 8 nitrogen and oxygen atoms in total. The van der Waals surface area contributed by atoms with E-state index >= 15 is 0 Å². The van der Waals surface area contributed by atoms with Crippen molar-refractivity contribution in [1.29, 1.82) is 0 Å². The summed E-state index contributed by atoms with van der Waals surface area (Å²) in [7, 11) is 6.28. The van der Waals surface area contributed by atoms with Gasteiger partial charge >= 0.3 is 0 Å². The fourth-order valence-corrected chi connectivity index (χ4v) is 7.23. The van der Waals surface area contributed by atoms with Crippen LogP contribution in [-0.2, 0) is 44.9 Å². The summed E-state index contributed by atoms with van der Waals surface area (Å²) in [5.41, 5.74) is 6.48. The second kappa shape index (κ2) is 16.0. The Hall–Kier alpha value is -4.19. The largest absolute Gasteiger partial charge is 0.316 e. The molecule has 2 heterocycles. The van der Waals surface area contributed by atoms with Crippen molar-refractivity contribution in [3.8, 4) is 11.1 Å². The molecular weight excluding hydrogens is 641 g/mol. The Morgan fingerprint density at radius 3 is 2.10 bits per heavy atom. The Balaban J connectivity index is 1.30. The van der Waals surface area contributed by atoms with Crippen LogP contribution in [0.25, 0.3) is 11.1 Å². The van der Waals surface area contributed by atoms with Crippen molar-refractivity contribution in [3.63, 3.8) is 0 Å². The van der Waals surface area contributed by atoms with Gasteiger partial charge in [0.25, 0.3) is 5.56 Å². The number of halogens is 2. The first-order valence-corrected chi connectivity index (χ1v) is 17.7. The van der Waals surface area contributed by atoms with Gasteiger partial charge in [-0.25, -0.2) is 8.78 Å². The van der Waals surface area contributed by atoms with Gasteiger partial charge in [0.15, 0.2) is 11.0 Å². The summed E-state index contributed by atoms with van der Waals surface area (Å²) in [5, 5.41) is 10.1. The van der Waals surface area contributed by atoms with Gasteiger partial charge < -0.3 is 14.0 Å². The maximum absolute atomic E-state index is 13.6. The number of hydrogen-bond acceptors (Lipinski definition) is 7. The second-order valence-corrected chi connectivity index (χ2v) is 14.0. The molecular formula is C38H43F2N7OS. The Morgan fingerprint density at radius 2 is 1.43 bits per heavy atom. The zero-order chi connectivity index (χ0) is 34.3. The Kier molecular flexibility index (Phi) is 11.3. The number of hydrogen-bond donors (Lipinski definition) is 0. The maximum atomic E-state index is 13.6. The van der Waals surface area contributed by atoms with Crippen LogP contribution in [0, 0.1) is 5.82 Å². The van der Waals surface area contributed by atoms with E-state index in [0.29, 0.717) is 36.1 Å². The van der Waals surface area contributed by atoms with Crippen molar-refractivity contribution in [3.05, 3.63) is 129 Å². The van der Waals surface area contributed by atoms with E-state index in [9.17, 15) is 13.6 Å². The van der Waals surface area contributed by atoms with Crippen molar-refractivity contribution >= 4 is 11.8 Å². The predicted molar refractivity (Wildman–Crippen MR) is 191 cm³/mol. The molecule has 256 valence electrons. The molecule has 5 aromatic rings. The molecule has 0 aliphatic heterocycles. The summed E-state index contributed by atoms with van der Waals surface area (Å²) in [6.45, 7) is 3.12. The zero-order valence-corrected chi connectivity index (χ0v) is 29.2. The second-order valence-electron chi connectivity index (χ2n) is 13.0. The van der Waals surface area contributed by atoms with Gasteiger partial charge in [-0.15, -0.1) is 10.2 Å². The Bertz CT molecular complexity index is 1910. The van der Waals surface area contributed by atoms with Gasteiger partial charge in [0.2, 0.25) is 0 Å². The lowest BCUT2D eigenvalue weighted by Gasteiger charge is -2.20. The summed E-state index contributed by atoms with van der Waals surface area (Å²) in [5.74, 6) is 1.95. The molecule has 0 atom stereocenters. The lowest BCUT2D eigenvalue weighted by atomic mass is 10.0. The van der Waals surface area contributed by atoms with Gasteiger partial charge in [-0.3, -0.25) is 9.69 Å². The van der Waals surface area contributed by atoms with Crippen molar-refractivity contribution in [1.82, 2.24) is 34.1 Å². The van der Waals surface area contributed by atoms with Crippen LogP contribution in [0.2, 0.25) is 0 Å². The fourth-order valence-electron chi connectivity index (χ4n) is 6.27. The van der Waals surface area contributed by atoms with Crippen molar-refractivity contribution < 1.29 is 8.78 Å². The summed E-state index contributed by atoms with van der Waals surface area (Å²) >= 11 is 1.48. The molecule has 6 rings (SSSR count). The number of fused-ring (bicyclic) bond motifs is 1. The molecule has 2 aromatic heterocycles. The van der Waals surface area contributed by atoms with Crippen molar-refractivity contribution in [2.75, 3.05) is 34.2 Å². The van der Waals surface area contributed by atoms with Crippen LogP contribution in [0.5, 0.6) is 0 Å². The van der Waals surface area contributed by atoms with Crippen molar-refractivity contribution in [2.24, 2.45) is 0 Å². The van der Waals surface area contributed by atoms with Crippen LogP contribution in [0.1, 0.15) is 52.4 Å². The highest BCUT2D eigenvalue weighted by Crippen LogP contribution is 2.28. The molecule has 0 N–H and O–H groups in total. The molecule has 0 amide bonds. The smallest absolute Gasteiger partial charge is 0.277 e. The van der Waals surface area contributed by atoms with E-state index in [4.69, 9.17) is 10.2 Å². The van der Waals surface area contributed by atoms with E-state index < -0.39 is 6.67 Å². The van der Waals surface area contributed by atoms with E-state index in [2.05, 4.69) is 69.3 Å². The molecule has 0 saturated carbocycles. The summed E-state index contributed by atoms with van der Waals surface area (Å²) < 4.78 is 30.9. The fraction of sp³-hybridized carbons (Fsp3) is 0.368. The number of rotatable bonds is 15. The quantitative estimate of drug-likeness (QED) is 0.0939. The van der Waals surface area contributed by atoms with Gasteiger partial charge in [-0.1, -0.05) is 72.4 Å². The molecule has 0 saturated heterocycles. The Labute approximate surface area is 290 Å². The van der Waals surface area contributed by atoms with Crippen LogP contribution in [-0.4, -0.2) is 68.3 Å². The molecule has 0 fully saturated rings. The van der Waals surface area contributed by atoms with Crippen molar-refractivity contribution in [2.45, 2.75) is 62.9 Å². The number of aromatic nitrogens is 5. The van der Waals surface area contributed by atoms with Gasteiger partial charge in [0, 0.05) is 17.0 Å². The molecule has 1 aliphatic rings. The van der Waals surface area contributed by atoms with Crippen LogP contribution >= 0.6 is 11.8 Å². The molecule has 0 spiro atoms. The minimum absolute atomic E-state index is 0.161. The minimum atomic E-state index is -0.472. The normalized spacial score (nSPS) is 12.7. The van der Waals surface area contributed by atoms with E-state index in [1.807, 2.05) is 24.3 Å². The SMILES string of the molecule is CN(C)CCCN(C)Cc1nnc(Cn2c(SCc3ccc(F)cc3)nc(=O)c3c2CCC3)n1Cc1ccc(-c2ccc(CF)cc2)cc1. The van der Waals surface area contributed by atoms with E-state index in [0.717, 1.165) is 83.9 Å². The highest BCUT2D eigenvalue weighted by Gasteiger charge is 2.24. The standard InChI is InChI=1S/C38H43F2N7OS/c1-44(2)20-5-21-45(3)24-35-42-43-36(47(35)23-28-10-16-31(17-11-28)30-14-8-27(22-39)9-15-30)25-46-34-7-4-6-33(34)37(48)41-38(46)49-26-29-12-18-32(40)19-13-29/h8-19H,4-7,20-26H2,1-3H3. The van der Waals surface area contributed by atoms with Gasteiger partial charge in [-0.2, -0.15) is 4.98 Å². The highest BCUT2D eigenvalue weighted by atomic mass is 32.2. The molecule has 0 unspecified atom stereocenters. The lowest BCUT2D eigenvalue weighted by molar-refractivity contribution is 0.285. The first-order chi connectivity index (χ1) is 23.8. The predicted octanol–water partition coefficient (Wildman–Crippen LogP) is 6.37. The third-order valence-corrected chi connectivity index (χ3v) is 10.0. The minimum Gasteiger partial charge on any atom is -0.316 e. The van der Waals surface area contributed by atoms with Gasteiger partial charge in [-0.05, 0) is 99.9 Å². The first kappa shape index (κ1) is 34.7. The number of thioether (sulfide) groups is 1. The summed E-state index contributed by atoms with van der Waals surface area (Å²) in [6.07, 6.45) is 3.49. The first-order valence-electron chi connectivity index (χ1n) is 16.8. The van der Waals surface area contributed by atoms with Crippen LogP contribution in [0.15, 0.2) is 82.7 Å². The highest BCUT2D eigenvalue weighted by molar-refractivity contribution is 7.98. The van der Waals surface area contributed by atoms with Crippen LogP contribution in [0.4, 0.5) is 8.78 Å². The van der Waals surface area contributed by atoms with Crippen LogP contribution in [0.3, 0.4) is 0 Å². The molecule has 3 aromatic carbocycles. The third-order valence-electron chi connectivity index (χ3n) is 8.98. The monoisotopic (exact) mass is 683 g/mol. The maximum Gasteiger partial charge on any atom is 0.277 e. The number of nitrogens with zero attached hydrogens (tertiary/aromatic N) is 7. The molecule has 49 heavy (non-hydrogen) atoms. The van der Waals surface area contributed by atoms with E-state index in [1.54, 1.807) is 12.1 Å². The summed E-state index contributed by atoms with van der Waals surface area (Å²) in [6, 6.07) is 22.4. The van der Waals surface area contributed by atoms with E-state index in [1.165, 1.54) is 23.9 Å². The summed E-state index contributed by atoms with van der Waals surface area (Å²) in [4.78, 5) is 22.1. The van der Waals surface area contributed by atoms with Crippen LogP contribution < -0.4 is 5.56 Å². The molecule has 0 radical (unpaired) electrons. The topological polar surface area (TPSA) is 72.1 Å². The van der Waals surface area contributed by atoms with Gasteiger partial charge in [0.1, 0.15) is 18.3 Å². The average Bonchev–Trinajstić information content (AvgIpc) is 3.74. The molecule has 11 heteroatoms. The number of benzene rings is 3.